The molecular formula is C18H23N3O3. The van der Waals surface area contributed by atoms with Gasteiger partial charge in [0.05, 0.1) is 18.3 Å². The van der Waals surface area contributed by atoms with E-state index in [0.29, 0.717) is 24.7 Å². The third-order valence-electron chi connectivity index (χ3n) is 3.44. The predicted molar refractivity (Wildman–Crippen MR) is 93.2 cm³/mol. The van der Waals surface area contributed by atoms with Crippen LogP contribution in [0, 0.1) is 0 Å². The van der Waals surface area contributed by atoms with Gasteiger partial charge in [0, 0.05) is 32.5 Å². The van der Waals surface area contributed by atoms with Crippen LogP contribution >= 0.6 is 0 Å². The fourth-order valence-corrected chi connectivity index (χ4v) is 2.17. The number of amides is 2. The summed E-state index contributed by atoms with van der Waals surface area (Å²) in [5.74, 6) is 0.639. The lowest BCUT2D eigenvalue weighted by Crippen LogP contribution is -2.31. The SMILES string of the molecule is COCCCOc1ccccc1NC(=O)NC(C)c1ccncc1. The number of nitrogens with zero attached hydrogens (tertiary/aromatic N) is 1. The molecule has 1 atom stereocenters. The maximum absolute atomic E-state index is 12.2. The number of urea groups is 1. The molecule has 1 unspecified atom stereocenters. The van der Waals surface area contributed by atoms with Gasteiger partial charge in [-0.2, -0.15) is 0 Å². The van der Waals surface area contributed by atoms with Crippen molar-refractivity contribution < 1.29 is 14.3 Å². The zero-order valence-corrected chi connectivity index (χ0v) is 14.0. The average Bonchev–Trinajstić information content (AvgIpc) is 2.60. The van der Waals surface area contributed by atoms with Crippen molar-refractivity contribution in [3.63, 3.8) is 0 Å². The number of methoxy groups -OCH3 is 1. The minimum Gasteiger partial charge on any atom is -0.491 e. The first-order valence-corrected chi connectivity index (χ1v) is 7.89. The summed E-state index contributed by atoms with van der Waals surface area (Å²) in [5.41, 5.74) is 1.62. The molecule has 1 heterocycles. The van der Waals surface area contributed by atoms with E-state index in [1.165, 1.54) is 0 Å². The number of pyridine rings is 1. The zero-order valence-electron chi connectivity index (χ0n) is 14.0. The fraction of sp³-hybridized carbons (Fsp3) is 0.333. The molecule has 2 aromatic rings. The minimum atomic E-state index is -0.285. The lowest BCUT2D eigenvalue weighted by molar-refractivity contribution is 0.172. The molecule has 0 saturated carbocycles. The van der Waals surface area contributed by atoms with Crippen LogP contribution in [0.2, 0.25) is 0 Å². The molecule has 1 aromatic heterocycles. The van der Waals surface area contributed by atoms with Crippen LogP contribution in [0.1, 0.15) is 24.9 Å². The van der Waals surface area contributed by atoms with Gasteiger partial charge in [0.2, 0.25) is 0 Å². The van der Waals surface area contributed by atoms with Crippen LogP contribution in [0.25, 0.3) is 0 Å². The topological polar surface area (TPSA) is 72.5 Å². The van der Waals surface area contributed by atoms with Gasteiger partial charge in [0.15, 0.2) is 0 Å². The first-order chi connectivity index (χ1) is 11.7. The van der Waals surface area contributed by atoms with E-state index in [1.54, 1.807) is 19.5 Å². The van der Waals surface area contributed by atoms with Crippen LogP contribution < -0.4 is 15.4 Å². The Hall–Kier alpha value is -2.60. The number of carbonyl (C=O) groups excluding carboxylic acids is 1. The smallest absolute Gasteiger partial charge is 0.319 e. The van der Waals surface area contributed by atoms with Gasteiger partial charge in [-0.15, -0.1) is 0 Å². The van der Waals surface area contributed by atoms with Crippen molar-refractivity contribution in [3.8, 4) is 5.75 Å². The number of anilines is 1. The Bertz CT molecular complexity index is 634. The normalized spacial score (nSPS) is 11.6. The van der Waals surface area contributed by atoms with E-state index in [-0.39, 0.29) is 12.1 Å². The Morgan fingerprint density at radius 3 is 2.67 bits per heavy atom. The Morgan fingerprint density at radius 2 is 1.92 bits per heavy atom. The van der Waals surface area contributed by atoms with Gasteiger partial charge in [-0.25, -0.2) is 4.79 Å². The molecule has 0 aliphatic carbocycles. The lowest BCUT2D eigenvalue weighted by Gasteiger charge is -2.16. The second-order valence-corrected chi connectivity index (χ2v) is 5.29. The van der Waals surface area contributed by atoms with Crippen molar-refractivity contribution >= 4 is 11.7 Å². The molecule has 6 heteroatoms. The van der Waals surface area contributed by atoms with Crippen LogP contribution in [-0.2, 0) is 4.74 Å². The summed E-state index contributed by atoms with van der Waals surface area (Å²) in [7, 11) is 1.66. The van der Waals surface area contributed by atoms with Crippen molar-refractivity contribution in [1.29, 1.82) is 0 Å². The Balaban J connectivity index is 1.91. The third-order valence-corrected chi connectivity index (χ3v) is 3.44. The number of aromatic nitrogens is 1. The summed E-state index contributed by atoms with van der Waals surface area (Å²) >= 11 is 0. The lowest BCUT2D eigenvalue weighted by atomic mass is 10.1. The van der Waals surface area contributed by atoms with Gasteiger partial charge >= 0.3 is 6.03 Å². The average molecular weight is 329 g/mol. The van der Waals surface area contributed by atoms with Gasteiger partial charge in [-0.1, -0.05) is 12.1 Å². The number of benzene rings is 1. The number of hydrogen-bond donors (Lipinski definition) is 2. The maximum Gasteiger partial charge on any atom is 0.319 e. The van der Waals surface area contributed by atoms with Crippen molar-refractivity contribution in [2.75, 3.05) is 25.6 Å². The molecule has 2 amide bonds. The fourth-order valence-electron chi connectivity index (χ4n) is 2.17. The number of hydrogen-bond acceptors (Lipinski definition) is 4. The number of para-hydroxylation sites is 2. The second-order valence-electron chi connectivity index (χ2n) is 5.29. The van der Waals surface area contributed by atoms with Gasteiger partial charge in [-0.05, 0) is 36.8 Å². The van der Waals surface area contributed by atoms with Gasteiger partial charge in [0.25, 0.3) is 0 Å². The molecule has 24 heavy (non-hydrogen) atoms. The van der Waals surface area contributed by atoms with Crippen LogP contribution in [0.5, 0.6) is 5.75 Å². The molecule has 0 fully saturated rings. The summed E-state index contributed by atoms with van der Waals surface area (Å²) in [4.78, 5) is 16.2. The molecule has 128 valence electrons. The van der Waals surface area contributed by atoms with Crippen LogP contribution in [0.3, 0.4) is 0 Å². The van der Waals surface area contributed by atoms with E-state index < -0.39 is 0 Å². The molecule has 2 N–H and O–H groups in total. The molecule has 0 spiro atoms. The highest BCUT2D eigenvalue weighted by Gasteiger charge is 2.11. The van der Waals surface area contributed by atoms with Crippen LogP contribution in [0.15, 0.2) is 48.8 Å². The summed E-state index contributed by atoms with van der Waals surface area (Å²) in [5, 5.41) is 5.73. The summed E-state index contributed by atoms with van der Waals surface area (Å²) in [6, 6.07) is 10.7. The summed E-state index contributed by atoms with van der Waals surface area (Å²) in [6.45, 7) is 3.09. The Kier molecular flexibility index (Phi) is 7.04. The highest BCUT2D eigenvalue weighted by atomic mass is 16.5. The van der Waals surface area contributed by atoms with Crippen molar-refractivity contribution in [2.24, 2.45) is 0 Å². The molecule has 0 saturated heterocycles. The van der Waals surface area contributed by atoms with E-state index in [0.717, 1.165) is 12.0 Å². The third kappa shape index (κ3) is 5.55. The highest BCUT2D eigenvalue weighted by molar-refractivity contribution is 5.91. The molecule has 0 aliphatic heterocycles. The molecule has 2 rings (SSSR count). The van der Waals surface area contributed by atoms with Crippen molar-refractivity contribution in [1.82, 2.24) is 10.3 Å². The van der Waals surface area contributed by atoms with Gasteiger partial charge in [-0.3, -0.25) is 4.98 Å². The zero-order chi connectivity index (χ0) is 17.2. The second kappa shape index (κ2) is 9.52. The molecule has 0 bridgehead atoms. The van der Waals surface area contributed by atoms with Crippen LogP contribution in [-0.4, -0.2) is 31.3 Å². The molecule has 1 aromatic carbocycles. The quantitative estimate of drug-likeness (QED) is 0.728. The minimum absolute atomic E-state index is 0.122. The van der Waals surface area contributed by atoms with E-state index >= 15 is 0 Å². The first kappa shape index (κ1) is 17.7. The van der Waals surface area contributed by atoms with E-state index in [9.17, 15) is 4.79 Å². The number of nitrogens with one attached hydrogen (secondary N) is 2. The predicted octanol–water partition coefficient (Wildman–Crippen LogP) is 3.38. The first-order valence-electron chi connectivity index (χ1n) is 7.89. The van der Waals surface area contributed by atoms with E-state index in [4.69, 9.17) is 9.47 Å². The maximum atomic E-state index is 12.2. The highest BCUT2D eigenvalue weighted by Crippen LogP contribution is 2.24. The number of ether oxygens (including phenoxy) is 2. The molecule has 6 nitrogen and oxygen atoms in total. The molecule has 0 radical (unpaired) electrons. The van der Waals surface area contributed by atoms with Crippen molar-refractivity contribution in [3.05, 3.63) is 54.4 Å². The monoisotopic (exact) mass is 329 g/mol. The molecule has 0 aliphatic rings. The summed E-state index contributed by atoms with van der Waals surface area (Å²) in [6.07, 6.45) is 4.19. The van der Waals surface area contributed by atoms with Gasteiger partial charge < -0.3 is 20.1 Å². The molecular weight excluding hydrogens is 306 g/mol. The Labute approximate surface area is 142 Å². The standard InChI is InChI=1S/C18H23N3O3/c1-14(15-8-10-19-11-9-15)20-18(22)21-16-6-3-4-7-17(16)24-13-5-12-23-2/h3-4,6-11,14H,5,12-13H2,1-2H3,(H2,20,21,22). The number of rotatable bonds is 8. The summed E-state index contributed by atoms with van der Waals surface area (Å²) < 4.78 is 10.7. The Morgan fingerprint density at radius 1 is 1.17 bits per heavy atom. The van der Waals surface area contributed by atoms with Crippen LogP contribution in [0.4, 0.5) is 10.5 Å². The van der Waals surface area contributed by atoms with Gasteiger partial charge in [0.1, 0.15) is 5.75 Å². The van der Waals surface area contributed by atoms with Crippen molar-refractivity contribution in [2.45, 2.75) is 19.4 Å². The largest absolute Gasteiger partial charge is 0.491 e. The van der Waals surface area contributed by atoms with E-state index in [2.05, 4.69) is 15.6 Å². The van der Waals surface area contributed by atoms with E-state index in [1.807, 2.05) is 43.3 Å². The number of carbonyl (C=O) groups is 1.